The molecule has 2 fully saturated rings. The van der Waals surface area contributed by atoms with Crippen LogP contribution in [0.2, 0.25) is 0 Å². The fraction of sp³-hybridized carbons (Fsp3) is 0.750. The molecule has 12 N–H and O–H groups in total. The summed E-state index contributed by atoms with van der Waals surface area (Å²) in [6, 6.07) is -11.9. The summed E-state index contributed by atoms with van der Waals surface area (Å²) in [5.41, 5.74) is 5.63. The fourth-order valence-electron chi connectivity index (χ4n) is 8.01. The van der Waals surface area contributed by atoms with Crippen molar-refractivity contribution in [1.29, 1.82) is 0 Å². The van der Waals surface area contributed by atoms with Gasteiger partial charge in [0.15, 0.2) is 0 Å². The SMILES string of the molecule is CC(C)C[C@H](NC(=O)[C@H](CC(C)C)NC(=O)[C@@H](N)CO)C(=O)N[C@@H](CC(=O)O)C(=O)N1CCC[C@H]1C(=O)N[C@H](C(=O)N1CCC[C@H]1C(=O)N[C@@H](CCC(=O)O)C(=O)N[C@H](C(=O)O)C(C)C)C(C)C. The zero-order valence-electron chi connectivity index (χ0n) is 40.2. The molecule has 0 spiro atoms. The van der Waals surface area contributed by atoms with Gasteiger partial charge in [0.2, 0.25) is 47.3 Å². The van der Waals surface area contributed by atoms with Crippen LogP contribution in [0.15, 0.2) is 0 Å². The molecule has 24 nitrogen and oxygen atoms in total. The van der Waals surface area contributed by atoms with E-state index >= 15 is 0 Å². The topological polar surface area (TPSA) is 373 Å². The van der Waals surface area contributed by atoms with Crippen molar-refractivity contribution in [2.24, 2.45) is 29.4 Å². The van der Waals surface area contributed by atoms with Gasteiger partial charge in [-0.05, 0) is 68.6 Å². The Hall–Kier alpha value is -5.91. The van der Waals surface area contributed by atoms with Gasteiger partial charge >= 0.3 is 17.9 Å². The number of aliphatic hydroxyl groups is 1. The highest BCUT2D eigenvalue weighted by atomic mass is 16.4. The molecule has 0 aromatic carbocycles. The number of carboxylic acid groups (broad SMARTS) is 3. The summed E-state index contributed by atoms with van der Waals surface area (Å²) < 4.78 is 0. The van der Waals surface area contributed by atoms with Crippen LogP contribution in [0.4, 0.5) is 0 Å². The largest absolute Gasteiger partial charge is 0.481 e. The Labute approximate surface area is 396 Å². The maximum atomic E-state index is 14.2. The van der Waals surface area contributed by atoms with Crippen molar-refractivity contribution < 1.29 is 73.2 Å². The lowest BCUT2D eigenvalue weighted by molar-refractivity contribution is -0.147. The summed E-state index contributed by atoms with van der Waals surface area (Å²) in [7, 11) is 0. The van der Waals surface area contributed by atoms with Crippen LogP contribution in [-0.4, -0.2) is 169 Å². The van der Waals surface area contributed by atoms with Gasteiger partial charge in [0.25, 0.3) is 0 Å². The molecule has 2 saturated heterocycles. The third kappa shape index (κ3) is 17.6. The lowest BCUT2D eigenvalue weighted by atomic mass is 9.99. The second kappa shape index (κ2) is 27.2. The van der Waals surface area contributed by atoms with Gasteiger partial charge < -0.3 is 67.9 Å². The van der Waals surface area contributed by atoms with Gasteiger partial charge in [0.05, 0.1) is 13.0 Å². The Morgan fingerprint density at radius 3 is 1.41 bits per heavy atom. The molecule has 2 aliphatic rings. The molecule has 2 aliphatic heterocycles. The molecule has 0 aromatic heterocycles. The van der Waals surface area contributed by atoms with Crippen LogP contribution in [0.25, 0.3) is 0 Å². The summed E-state index contributed by atoms with van der Waals surface area (Å²) in [4.78, 5) is 147. The van der Waals surface area contributed by atoms with Gasteiger partial charge in [-0.15, -0.1) is 0 Å². The smallest absolute Gasteiger partial charge is 0.326 e. The molecule has 2 rings (SSSR count). The zero-order valence-corrected chi connectivity index (χ0v) is 40.2. The van der Waals surface area contributed by atoms with Crippen LogP contribution in [0.1, 0.15) is 113 Å². The standard InChI is InChI=1S/C44H73N9O15/c1-21(2)17-27(47-36(59)25(45)20-54)38(61)48-28(18-22(3)4)39(62)49-29(19-33(57)58)42(65)52-15-9-12-31(52)41(64)50-34(23(5)6)43(66)53-16-10-11-30(53)40(63)46-26(13-14-32(55)56)37(60)51-35(24(7)8)44(67)68/h21-31,34-35,54H,9-20,45H2,1-8H3,(H,46,63)(H,47,59)(H,48,61)(H,49,62)(H,50,64)(H,51,60)(H,55,56)(H,57,58)(H,67,68)/t25-,26-,27-,28-,29-,30-,31-,34-,35-/m0/s1. The highest BCUT2D eigenvalue weighted by Gasteiger charge is 2.44. The molecule has 24 heteroatoms. The summed E-state index contributed by atoms with van der Waals surface area (Å²) in [6.45, 7) is 12.9. The molecule has 0 aliphatic carbocycles. The van der Waals surface area contributed by atoms with Crippen LogP contribution in [0, 0.1) is 23.7 Å². The first-order valence-electron chi connectivity index (χ1n) is 23.2. The highest BCUT2D eigenvalue weighted by Crippen LogP contribution is 2.24. The van der Waals surface area contributed by atoms with Gasteiger partial charge in [-0.2, -0.15) is 0 Å². The number of amides is 8. The van der Waals surface area contributed by atoms with Crippen molar-refractivity contribution in [3.05, 3.63) is 0 Å². The molecular weight excluding hydrogens is 895 g/mol. The van der Waals surface area contributed by atoms with Crippen LogP contribution < -0.4 is 37.6 Å². The van der Waals surface area contributed by atoms with Crippen LogP contribution in [0.5, 0.6) is 0 Å². The van der Waals surface area contributed by atoms with Gasteiger partial charge in [-0.3, -0.25) is 47.9 Å². The van der Waals surface area contributed by atoms with E-state index in [2.05, 4.69) is 31.9 Å². The van der Waals surface area contributed by atoms with E-state index in [1.807, 2.05) is 0 Å². The van der Waals surface area contributed by atoms with E-state index < -0.39 is 151 Å². The lowest BCUT2D eigenvalue weighted by Crippen LogP contribution is -2.61. The third-order valence-corrected chi connectivity index (χ3v) is 11.6. The fourth-order valence-corrected chi connectivity index (χ4v) is 8.01. The number of nitrogens with zero attached hydrogens (tertiary/aromatic N) is 2. The summed E-state index contributed by atoms with van der Waals surface area (Å²) in [5, 5.41) is 53.1. The average molecular weight is 968 g/mol. The quantitative estimate of drug-likeness (QED) is 0.0425. The van der Waals surface area contributed by atoms with Crippen LogP contribution >= 0.6 is 0 Å². The summed E-state index contributed by atoms with van der Waals surface area (Å²) >= 11 is 0. The Morgan fingerprint density at radius 2 is 0.985 bits per heavy atom. The van der Waals surface area contributed by atoms with E-state index in [1.54, 1.807) is 55.4 Å². The second-order valence-electron chi connectivity index (χ2n) is 19.0. The third-order valence-electron chi connectivity index (χ3n) is 11.6. The molecule has 0 aromatic rings. The van der Waals surface area contributed by atoms with Gasteiger partial charge in [-0.1, -0.05) is 55.4 Å². The van der Waals surface area contributed by atoms with Crippen molar-refractivity contribution in [2.45, 2.75) is 168 Å². The molecule has 0 radical (unpaired) electrons. The number of hydrogen-bond donors (Lipinski definition) is 11. The number of carboxylic acids is 3. The van der Waals surface area contributed by atoms with Crippen molar-refractivity contribution in [1.82, 2.24) is 41.7 Å². The number of aliphatic carboxylic acids is 3. The zero-order chi connectivity index (χ0) is 51.7. The Morgan fingerprint density at radius 1 is 0.544 bits per heavy atom. The van der Waals surface area contributed by atoms with Gasteiger partial charge in [0, 0.05) is 19.5 Å². The predicted octanol–water partition coefficient (Wildman–Crippen LogP) is -1.97. The number of likely N-dealkylation sites (tertiary alicyclic amines) is 2. The Balaban J connectivity index is 2.32. The van der Waals surface area contributed by atoms with E-state index in [1.165, 1.54) is 4.90 Å². The van der Waals surface area contributed by atoms with E-state index in [-0.39, 0.29) is 57.0 Å². The average Bonchev–Trinajstić information content (AvgIpc) is 3.95. The number of aliphatic hydroxyl groups excluding tert-OH is 1. The normalized spacial score (nSPS) is 19.0. The number of carbonyl (C=O) groups excluding carboxylic acids is 8. The number of hydrogen-bond acceptors (Lipinski definition) is 13. The maximum Gasteiger partial charge on any atom is 0.326 e. The first-order chi connectivity index (χ1) is 31.7. The minimum Gasteiger partial charge on any atom is -0.481 e. The molecule has 8 amide bonds. The van der Waals surface area contributed by atoms with Crippen molar-refractivity contribution in [3.8, 4) is 0 Å². The first-order valence-corrected chi connectivity index (χ1v) is 23.2. The molecule has 0 bridgehead atoms. The Kier molecular flexibility index (Phi) is 23.3. The van der Waals surface area contributed by atoms with Crippen molar-refractivity contribution in [2.75, 3.05) is 19.7 Å². The molecule has 0 unspecified atom stereocenters. The van der Waals surface area contributed by atoms with Crippen molar-refractivity contribution >= 4 is 65.2 Å². The van der Waals surface area contributed by atoms with E-state index in [0.717, 1.165) is 4.90 Å². The molecule has 0 saturated carbocycles. The molecular formula is C44H73N9O15. The number of carbonyl (C=O) groups is 11. The van der Waals surface area contributed by atoms with Gasteiger partial charge in [-0.25, -0.2) is 4.79 Å². The highest BCUT2D eigenvalue weighted by molar-refractivity contribution is 5.99. The van der Waals surface area contributed by atoms with Crippen LogP contribution in [0.3, 0.4) is 0 Å². The van der Waals surface area contributed by atoms with E-state index in [0.29, 0.717) is 12.8 Å². The van der Waals surface area contributed by atoms with E-state index in [4.69, 9.17) is 5.73 Å². The molecule has 2 heterocycles. The van der Waals surface area contributed by atoms with Crippen LogP contribution in [-0.2, 0) is 52.7 Å². The monoisotopic (exact) mass is 968 g/mol. The number of rotatable bonds is 27. The number of nitrogens with two attached hydrogens (primary N) is 1. The Bertz CT molecular complexity index is 1840. The minimum absolute atomic E-state index is 0.0166. The molecule has 384 valence electrons. The first kappa shape index (κ1) is 58.2. The summed E-state index contributed by atoms with van der Waals surface area (Å²) in [5.74, 6) is -12.0. The lowest BCUT2D eigenvalue weighted by Gasteiger charge is -2.33. The predicted molar refractivity (Wildman–Crippen MR) is 241 cm³/mol. The molecule has 68 heavy (non-hydrogen) atoms. The second-order valence-corrected chi connectivity index (χ2v) is 19.0. The number of nitrogens with one attached hydrogen (secondary N) is 6. The molecule has 9 atom stereocenters. The van der Waals surface area contributed by atoms with Gasteiger partial charge in [0.1, 0.15) is 54.4 Å². The van der Waals surface area contributed by atoms with Crippen molar-refractivity contribution in [3.63, 3.8) is 0 Å². The van der Waals surface area contributed by atoms with E-state index in [9.17, 15) is 73.2 Å². The minimum atomic E-state index is -1.71. The maximum absolute atomic E-state index is 14.2. The summed E-state index contributed by atoms with van der Waals surface area (Å²) in [6.07, 6.45) is -0.762.